The number of hydrogen-bond donors (Lipinski definition) is 1. The lowest BCUT2D eigenvalue weighted by Gasteiger charge is -2.06. The number of carbonyl (C=O) groups excluding carboxylic acids is 2. The summed E-state index contributed by atoms with van der Waals surface area (Å²) in [6.45, 7) is 7.80. The van der Waals surface area contributed by atoms with Gasteiger partial charge in [-0.3, -0.25) is 4.79 Å². The summed E-state index contributed by atoms with van der Waals surface area (Å²) >= 11 is 0. The van der Waals surface area contributed by atoms with Crippen LogP contribution in [0.4, 0.5) is 0 Å². The first-order valence-corrected chi connectivity index (χ1v) is 6.67. The van der Waals surface area contributed by atoms with Crippen LogP contribution < -0.4 is 5.32 Å². The summed E-state index contributed by atoms with van der Waals surface area (Å²) < 4.78 is 4.86. The Hall–Kier alpha value is -1.32. The van der Waals surface area contributed by atoms with E-state index < -0.39 is 5.97 Å². The van der Waals surface area contributed by atoms with Crippen LogP contribution in [0, 0.1) is 0 Å². The van der Waals surface area contributed by atoms with Gasteiger partial charge in [-0.25, -0.2) is 4.79 Å². The van der Waals surface area contributed by atoms with Crippen molar-refractivity contribution in [2.75, 3.05) is 13.2 Å². The third-order valence-corrected chi connectivity index (χ3v) is 2.51. The second-order valence-electron chi connectivity index (χ2n) is 4.43. The zero-order chi connectivity index (χ0) is 13.8. The Kier molecular flexibility index (Phi) is 10.0. The highest BCUT2D eigenvalue weighted by atomic mass is 16.5. The fourth-order valence-electron chi connectivity index (χ4n) is 1.43. The summed E-state index contributed by atoms with van der Waals surface area (Å²) in [7, 11) is 0. The average molecular weight is 255 g/mol. The highest BCUT2D eigenvalue weighted by Gasteiger charge is 2.03. The van der Waals surface area contributed by atoms with Crippen LogP contribution in [0.3, 0.4) is 0 Å². The Morgan fingerprint density at radius 3 is 2.44 bits per heavy atom. The van der Waals surface area contributed by atoms with E-state index in [1.54, 1.807) is 6.92 Å². The molecule has 0 aromatic carbocycles. The third kappa shape index (κ3) is 9.87. The maximum Gasteiger partial charge on any atom is 0.333 e. The van der Waals surface area contributed by atoms with Gasteiger partial charge in [0.1, 0.15) is 6.61 Å². The predicted molar refractivity (Wildman–Crippen MR) is 72.2 cm³/mol. The fraction of sp³-hybridized carbons (Fsp3) is 0.714. The molecule has 0 bridgehead atoms. The van der Waals surface area contributed by atoms with E-state index >= 15 is 0 Å². The quantitative estimate of drug-likeness (QED) is 0.371. The van der Waals surface area contributed by atoms with Crippen LogP contribution in [-0.2, 0) is 14.3 Å². The van der Waals surface area contributed by atoms with E-state index in [1.807, 2.05) is 0 Å². The molecule has 4 heteroatoms. The molecule has 18 heavy (non-hydrogen) atoms. The van der Waals surface area contributed by atoms with Gasteiger partial charge < -0.3 is 10.1 Å². The van der Waals surface area contributed by atoms with Crippen molar-refractivity contribution >= 4 is 11.9 Å². The van der Waals surface area contributed by atoms with Gasteiger partial charge in [0.2, 0.25) is 5.91 Å². The Morgan fingerprint density at radius 1 is 1.17 bits per heavy atom. The number of rotatable bonds is 10. The van der Waals surface area contributed by atoms with Gasteiger partial charge >= 0.3 is 5.97 Å². The smallest absolute Gasteiger partial charge is 0.333 e. The first-order chi connectivity index (χ1) is 8.57. The molecule has 0 fully saturated rings. The van der Waals surface area contributed by atoms with E-state index in [-0.39, 0.29) is 12.5 Å². The molecule has 0 atom stereocenters. The molecule has 0 unspecified atom stereocenters. The number of unbranched alkanes of at least 4 members (excludes halogenated alkanes) is 4. The summed E-state index contributed by atoms with van der Waals surface area (Å²) in [4.78, 5) is 22.4. The molecule has 1 N–H and O–H groups in total. The van der Waals surface area contributed by atoms with Gasteiger partial charge in [-0.1, -0.05) is 39.2 Å². The molecule has 0 aromatic heterocycles. The summed E-state index contributed by atoms with van der Waals surface area (Å²) in [5, 5.41) is 2.72. The maximum absolute atomic E-state index is 11.4. The van der Waals surface area contributed by atoms with Crippen LogP contribution in [-0.4, -0.2) is 25.0 Å². The minimum absolute atomic E-state index is 0.0258. The number of nitrogens with one attached hydrogen (secondary N) is 1. The van der Waals surface area contributed by atoms with Gasteiger partial charge in [-0.2, -0.15) is 0 Å². The highest BCUT2D eigenvalue weighted by molar-refractivity contribution is 5.86. The summed E-state index contributed by atoms with van der Waals surface area (Å²) in [6, 6.07) is 0. The van der Waals surface area contributed by atoms with Crippen molar-refractivity contribution in [1.82, 2.24) is 5.32 Å². The van der Waals surface area contributed by atoms with E-state index in [0.29, 0.717) is 18.5 Å². The van der Waals surface area contributed by atoms with Gasteiger partial charge in [-0.15, -0.1) is 0 Å². The fourth-order valence-corrected chi connectivity index (χ4v) is 1.43. The largest absolute Gasteiger partial charge is 0.460 e. The molecular weight excluding hydrogens is 230 g/mol. The highest BCUT2D eigenvalue weighted by Crippen LogP contribution is 2.04. The van der Waals surface area contributed by atoms with Crippen LogP contribution >= 0.6 is 0 Å². The van der Waals surface area contributed by atoms with Crippen molar-refractivity contribution in [1.29, 1.82) is 0 Å². The van der Waals surface area contributed by atoms with E-state index in [9.17, 15) is 9.59 Å². The molecule has 0 rings (SSSR count). The van der Waals surface area contributed by atoms with Gasteiger partial charge in [0.05, 0.1) is 6.54 Å². The molecule has 0 saturated carbocycles. The van der Waals surface area contributed by atoms with Crippen molar-refractivity contribution in [3.8, 4) is 0 Å². The van der Waals surface area contributed by atoms with Crippen molar-refractivity contribution < 1.29 is 14.3 Å². The second kappa shape index (κ2) is 10.8. The Morgan fingerprint density at radius 2 is 1.83 bits per heavy atom. The molecular formula is C14H25NO3. The molecule has 0 aliphatic carbocycles. The molecule has 0 aliphatic heterocycles. The lowest BCUT2D eigenvalue weighted by molar-refractivity contribution is -0.139. The van der Waals surface area contributed by atoms with Gasteiger partial charge in [0.25, 0.3) is 0 Å². The van der Waals surface area contributed by atoms with Gasteiger partial charge in [-0.05, 0) is 13.3 Å². The summed E-state index contributed by atoms with van der Waals surface area (Å²) in [6.07, 6.45) is 6.22. The summed E-state index contributed by atoms with van der Waals surface area (Å²) in [5.74, 6) is -0.387. The van der Waals surface area contributed by atoms with Crippen molar-refractivity contribution in [2.45, 2.75) is 52.4 Å². The SMILES string of the molecule is C=C(C)C(=O)OCCNC(=O)CCCCCCC. The monoisotopic (exact) mass is 255 g/mol. The minimum Gasteiger partial charge on any atom is -0.460 e. The van der Waals surface area contributed by atoms with Gasteiger partial charge in [0, 0.05) is 12.0 Å². The third-order valence-electron chi connectivity index (χ3n) is 2.51. The number of hydrogen-bond acceptors (Lipinski definition) is 3. The first kappa shape index (κ1) is 16.7. The Balaban J connectivity index is 3.37. The van der Waals surface area contributed by atoms with E-state index in [0.717, 1.165) is 12.8 Å². The van der Waals surface area contributed by atoms with Crippen LogP contribution in [0.1, 0.15) is 52.4 Å². The number of amides is 1. The zero-order valence-electron chi connectivity index (χ0n) is 11.6. The minimum atomic E-state index is -0.413. The molecule has 104 valence electrons. The first-order valence-electron chi connectivity index (χ1n) is 6.67. The molecule has 0 heterocycles. The molecule has 1 amide bonds. The predicted octanol–water partition coefficient (Wildman–Crippen LogP) is 2.58. The number of esters is 1. The van der Waals surface area contributed by atoms with Crippen molar-refractivity contribution in [3.05, 3.63) is 12.2 Å². The normalized spacial score (nSPS) is 9.89. The van der Waals surface area contributed by atoms with E-state index in [4.69, 9.17) is 4.74 Å². The summed E-state index contributed by atoms with van der Waals surface area (Å²) in [5.41, 5.74) is 0.372. The Labute approximate surface area is 110 Å². The van der Waals surface area contributed by atoms with E-state index in [1.165, 1.54) is 19.3 Å². The lowest BCUT2D eigenvalue weighted by Crippen LogP contribution is -2.27. The maximum atomic E-state index is 11.4. The molecule has 0 radical (unpaired) electrons. The molecule has 0 aromatic rings. The van der Waals surface area contributed by atoms with Crippen molar-refractivity contribution in [2.24, 2.45) is 0 Å². The molecule has 0 aliphatic rings. The lowest BCUT2D eigenvalue weighted by atomic mass is 10.1. The van der Waals surface area contributed by atoms with Crippen LogP contribution in [0.2, 0.25) is 0 Å². The molecule has 0 saturated heterocycles. The standard InChI is InChI=1S/C14H25NO3/c1-4-5-6-7-8-9-13(16)15-10-11-18-14(17)12(2)3/h2,4-11H2,1,3H3,(H,15,16). The Bertz CT molecular complexity index is 274. The molecule has 4 nitrogen and oxygen atoms in total. The van der Waals surface area contributed by atoms with Crippen LogP contribution in [0.5, 0.6) is 0 Å². The average Bonchev–Trinajstić information content (AvgIpc) is 2.34. The van der Waals surface area contributed by atoms with E-state index in [2.05, 4.69) is 18.8 Å². The van der Waals surface area contributed by atoms with Crippen LogP contribution in [0.15, 0.2) is 12.2 Å². The van der Waals surface area contributed by atoms with Crippen molar-refractivity contribution in [3.63, 3.8) is 0 Å². The van der Waals surface area contributed by atoms with Gasteiger partial charge in [0.15, 0.2) is 0 Å². The van der Waals surface area contributed by atoms with Crippen LogP contribution in [0.25, 0.3) is 0 Å². The molecule has 0 spiro atoms. The number of ether oxygens (including phenoxy) is 1. The zero-order valence-corrected chi connectivity index (χ0v) is 11.6. The second-order valence-corrected chi connectivity index (χ2v) is 4.43. The number of carbonyl (C=O) groups is 2. The topological polar surface area (TPSA) is 55.4 Å².